The molecule has 0 aliphatic carbocycles. The van der Waals surface area contributed by atoms with Crippen LogP contribution in [0.3, 0.4) is 0 Å². The van der Waals surface area contributed by atoms with Gasteiger partial charge in [0.05, 0.1) is 16.0 Å². The summed E-state index contributed by atoms with van der Waals surface area (Å²) in [7, 11) is 0. The van der Waals surface area contributed by atoms with Gasteiger partial charge in [-0.1, -0.05) is 13.3 Å². The summed E-state index contributed by atoms with van der Waals surface area (Å²) in [6.45, 7) is 3.77. The van der Waals surface area contributed by atoms with Crippen LogP contribution < -0.4 is 5.73 Å². The Labute approximate surface area is 105 Å². The molecule has 0 unspecified atom stereocenters. The van der Waals surface area contributed by atoms with E-state index in [9.17, 15) is 10.1 Å². The fourth-order valence-electron chi connectivity index (χ4n) is 2.10. The van der Waals surface area contributed by atoms with Crippen molar-refractivity contribution in [3.63, 3.8) is 0 Å². The molecule has 0 saturated carbocycles. The molecule has 0 saturated heterocycles. The topological polar surface area (TPSA) is 82.0 Å². The number of rotatable bonds is 3. The first kappa shape index (κ1) is 12.3. The van der Waals surface area contributed by atoms with Gasteiger partial charge in [0.15, 0.2) is 0 Å². The zero-order valence-corrected chi connectivity index (χ0v) is 10.4. The fraction of sp³-hybridized carbons (Fsp3) is 0.308. The molecule has 2 N–H and O–H groups in total. The monoisotopic (exact) mass is 245 g/mol. The highest BCUT2D eigenvalue weighted by Crippen LogP contribution is 2.28. The second-order valence-electron chi connectivity index (χ2n) is 4.32. The summed E-state index contributed by atoms with van der Waals surface area (Å²) in [5.74, 6) is 0.466. The number of anilines is 1. The van der Waals surface area contributed by atoms with Crippen LogP contribution in [0, 0.1) is 17.0 Å². The van der Waals surface area contributed by atoms with Gasteiger partial charge in [-0.05, 0) is 31.0 Å². The van der Waals surface area contributed by atoms with Gasteiger partial charge in [-0.2, -0.15) is 0 Å². The molecule has 0 spiro atoms. The third-order valence-corrected chi connectivity index (χ3v) is 3.04. The SMILES string of the molecule is CCCc1cc2ccc([N+](=O)[O-])c(C)c2nc1N. The molecule has 1 aromatic carbocycles. The third-order valence-electron chi connectivity index (χ3n) is 3.04. The van der Waals surface area contributed by atoms with Crippen LogP contribution in [-0.2, 0) is 6.42 Å². The minimum Gasteiger partial charge on any atom is -0.383 e. The van der Waals surface area contributed by atoms with Crippen molar-refractivity contribution in [2.45, 2.75) is 26.7 Å². The Morgan fingerprint density at radius 3 is 2.78 bits per heavy atom. The number of nitrogens with two attached hydrogens (primary N) is 1. The quantitative estimate of drug-likeness (QED) is 0.665. The third kappa shape index (κ3) is 1.99. The Bertz CT molecular complexity index is 623. The van der Waals surface area contributed by atoms with E-state index in [0.29, 0.717) is 16.9 Å². The van der Waals surface area contributed by atoms with Gasteiger partial charge in [0, 0.05) is 11.5 Å². The molecule has 2 rings (SSSR count). The van der Waals surface area contributed by atoms with E-state index < -0.39 is 4.92 Å². The summed E-state index contributed by atoms with van der Waals surface area (Å²) in [6, 6.07) is 5.22. The van der Waals surface area contributed by atoms with Crippen molar-refractivity contribution < 1.29 is 4.92 Å². The van der Waals surface area contributed by atoms with Gasteiger partial charge in [-0.3, -0.25) is 10.1 Å². The lowest BCUT2D eigenvalue weighted by atomic mass is 10.0. The van der Waals surface area contributed by atoms with Crippen molar-refractivity contribution in [2.75, 3.05) is 5.73 Å². The number of nitrogen functional groups attached to an aromatic ring is 1. The summed E-state index contributed by atoms with van der Waals surface area (Å²) >= 11 is 0. The normalized spacial score (nSPS) is 10.8. The second-order valence-corrected chi connectivity index (χ2v) is 4.32. The average Bonchev–Trinajstić information content (AvgIpc) is 2.31. The molecule has 5 nitrogen and oxygen atoms in total. The molecular weight excluding hydrogens is 230 g/mol. The molecule has 5 heteroatoms. The molecule has 0 bridgehead atoms. The van der Waals surface area contributed by atoms with E-state index in [2.05, 4.69) is 11.9 Å². The number of hydrogen-bond acceptors (Lipinski definition) is 4. The molecule has 0 aliphatic rings. The molecule has 0 amide bonds. The zero-order valence-electron chi connectivity index (χ0n) is 10.4. The highest BCUT2D eigenvalue weighted by Gasteiger charge is 2.15. The summed E-state index contributed by atoms with van der Waals surface area (Å²) in [5.41, 5.74) is 8.14. The molecule has 18 heavy (non-hydrogen) atoms. The number of pyridine rings is 1. The van der Waals surface area contributed by atoms with E-state index in [-0.39, 0.29) is 5.69 Å². The summed E-state index contributed by atoms with van der Waals surface area (Å²) in [6.07, 6.45) is 1.86. The number of nitro groups is 1. The standard InChI is InChI=1S/C13H15N3O2/c1-3-4-10-7-9-5-6-11(16(17)18)8(2)12(9)15-13(10)14/h5-7H,3-4H2,1-2H3,(H2,14,15). The van der Waals surface area contributed by atoms with Crippen molar-refractivity contribution in [1.29, 1.82) is 0 Å². The number of fused-ring (bicyclic) bond motifs is 1. The van der Waals surface area contributed by atoms with E-state index in [1.54, 1.807) is 13.0 Å². The number of benzene rings is 1. The number of nitrogens with zero attached hydrogens (tertiary/aromatic N) is 2. The highest BCUT2D eigenvalue weighted by molar-refractivity contribution is 5.87. The first-order valence-electron chi connectivity index (χ1n) is 5.87. The van der Waals surface area contributed by atoms with Gasteiger partial charge >= 0.3 is 0 Å². The van der Waals surface area contributed by atoms with Gasteiger partial charge in [0.1, 0.15) is 5.82 Å². The number of aromatic nitrogens is 1. The molecule has 1 aromatic heterocycles. The Kier molecular flexibility index (Phi) is 3.14. The Morgan fingerprint density at radius 1 is 1.44 bits per heavy atom. The van der Waals surface area contributed by atoms with Crippen LogP contribution in [-0.4, -0.2) is 9.91 Å². The van der Waals surface area contributed by atoms with Crippen LogP contribution in [0.1, 0.15) is 24.5 Å². The van der Waals surface area contributed by atoms with Crippen molar-refractivity contribution >= 4 is 22.4 Å². The summed E-state index contributed by atoms with van der Waals surface area (Å²) < 4.78 is 0. The van der Waals surface area contributed by atoms with Crippen LogP contribution in [0.2, 0.25) is 0 Å². The Hall–Kier alpha value is -2.17. The number of aryl methyl sites for hydroxylation is 2. The first-order chi connectivity index (χ1) is 8.54. The Balaban J connectivity index is 2.69. The Morgan fingerprint density at radius 2 is 2.17 bits per heavy atom. The minimum absolute atomic E-state index is 0.0811. The van der Waals surface area contributed by atoms with E-state index in [0.717, 1.165) is 23.8 Å². The van der Waals surface area contributed by atoms with Crippen LogP contribution in [0.4, 0.5) is 11.5 Å². The first-order valence-corrected chi connectivity index (χ1v) is 5.87. The van der Waals surface area contributed by atoms with E-state index in [4.69, 9.17) is 5.73 Å². The lowest BCUT2D eigenvalue weighted by Gasteiger charge is -2.08. The predicted molar refractivity (Wildman–Crippen MR) is 71.5 cm³/mol. The largest absolute Gasteiger partial charge is 0.383 e. The fourth-order valence-corrected chi connectivity index (χ4v) is 2.10. The molecule has 2 aromatic rings. The summed E-state index contributed by atoms with van der Waals surface area (Å²) in [4.78, 5) is 14.8. The second kappa shape index (κ2) is 4.60. The van der Waals surface area contributed by atoms with Crippen molar-refractivity contribution in [3.8, 4) is 0 Å². The van der Waals surface area contributed by atoms with E-state index in [1.807, 2.05) is 6.07 Å². The van der Waals surface area contributed by atoms with Crippen LogP contribution in [0.15, 0.2) is 18.2 Å². The van der Waals surface area contributed by atoms with Gasteiger partial charge in [0.25, 0.3) is 5.69 Å². The molecule has 0 radical (unpaired) electrons. The van der Waals surface area contributed by atoms with E-state index >= 15 is 0 Å². The van der Waals surface area contributed by atoms with Gasteiger partial charge in [-0.15, -0.1) is 0 Å². The number of hydrogen-bond donors (Lipinski definition) is 1. The van der Waals surface area contributed by atoms with Gasteiger partial charge in [-0.25, -0.2) is 4.98 Å². The summed E-state index contributed by atoms with van der Waals surface area (Å²) in [5, 5.41) is 11.8. The molecule has 0 atom stereocenters. The maximum absolute atomic E-state index is 10.9. The van der Waals surface area contributed by atoms with Crippen LogP contribution in [0.5, 0.6) is 0 Å². The molecule has 1 heterocycles. The maximum Gasteiger partial charge on any atom is 0.274 e. The predicted octanol–water partition coefficient (Wildman–Crippen LogP) is 2.99. The highest BCUT2D eigenvalue weighted by atomic mass is 16.6. The number of nitro benzene ring substituents is 1. The average molecular weight is 245 g/mol. The lowest BCUT2D eigenvalue weighted by molar-refractivity contribution is -0.385. The van der Waals surface area contributed by atoms with Gasteiger partial charge in [0.2, 0.25) is 0 Å². The molecule has 0 aliphatic heterocycles. The smallest absolute Gasteiger partial charge is 0.274 e. The van der Waals surface area contributed by atoms with Gasteiger partial charge < -0.3 is 5.73 Å². The minimum atomic E-state index is -0.396. The van der Waals surface area contributed by atoms with Crippen LogP contribution >= 0.6 is 0 Å². The van der Waals surface area contributed by atoms with E-state index in [1.165, 1.54) is 6.07 Å². The van der Waals surface area contributed by atoms with Crippen LogP contribution in [0.25, 0.3) is 10.9 Å². The lowest BCUT2D eigenvalue weighted by Crippen LogP contribution is -2.00. The van der Waals surface area contributed by atoms with Crippen molar-refractivity contribution in [1.82, 2.24) is 4.98 Å². The molecule has 94 valence electrons. The van der Waals surface area contributed by atoms with Crippen molar-refractivity contribution in [2.24, 2.45) is 0 Å². The maximum atomic E-state index is 10.9. The molecular formula is C13H15N3O2. The zero-order chi connectivity index (χ0) is 13.3. The molecule has 0 fully saturated rings. The van der Waals surface area contributed by atoms with Crippen molar-refractivity contribution in [3.05, 3.63) is 39.4 Å².